The maximum absolute atomic E-state index is 5.53. The first-order valence-corrected chi connectivity index (χ1v) is 11.4. The van der Waals surface area contributed by atoms with Crippen LogP contribution >= 0.6 is 0 Å². The first kappa shape index (κ1) is 20.3. The van der Waals surface area contributed by atoms with Crippen molar-refractivity contribution in [2.75, 3.05) is 26.2 Å². The maximum atomic E-state index is 5.53. The van der Waals surface area contributed by atoms with Crippen LogP contribution in [0.5, 0.6) is 11.8 Å². The Morgan fingerprint density at radius 3 is 2.45 bits per heavy atom. The van der Waals surface area contributed by atoms with Gasteiger partial charge in [-0.2, -0.15) is 0 Å². The minimum Gasteiger partial charge on any atom is -0.480 e. The summed E-state index contributed by atoms with van der Waals surface area (Å²) < 4.78 is 10.6. The molecule has 3 aliphatic rings. The van der Waals surface area contributed by atoms with Crippen molar-refractivity contribution in [3.05, 3.63) is 36.7 Å². The summed E-state index contributed by atoms with van der Waals surface area (Å²) in [6.45, 7) is 0. The number of nitrogens with zero attached hydrogens (tertiary/aromatic N) is 7. The van der Waals surface area contributed by atoms with Crippen molar-refractivity contribution in [2.24, 2.45) is 0 Å². The fourth-order valence-corrected chi connectivity index (χ4v) is 5.61. The van der Waals surface area contributed by atoms with E-state index in [-0.39, 0.29) is 0 Å². The number of hydrogen-bond acceptors (Lipinski definition) is 9. The second-order valence-electron chi connectivity index (χ2n) is 9.02. The van der Waals surface area contributed by atoms with Gasteiger partial charge in [-0.3, -0.25) is 4.90 Å². The fraction of sp³-hybridized carbons (Fsp3) is 0.458. The van der Waals surface area contributed by atoms with Gasteiger partial charge in [-0.25, -0.2) is 15.0 Å². The zero-order chi connectivity index (χ0) is 22.5. The van der Waals surface area contributed by atoms with E-state index < -0.39 is 0 Å². The third-order valence-corrected chi connectivity index (χ3v) is 7.38. The molecule has 33 heavy (non-hydrogen) atoms. The van der Waals surface area contributed by atoms with Crippen molar-refractivity contribution < 1.29 is 9.47 Å². The average molecular weight is 446 g/mol. The number of pyridine rings is 1. The minimum atomic E-state index is 0.456. The zero-order valence-electron chi connectivity index (χ0n) is 19.0. The Morgan fingerprint density at radius 2 is 1.76 bits per heavy atom. The molecule has 3 aromatic rings. The molecule has 0 aliphatic carbocycles. The van der Waals surface area contributed by atoms with Gasteiger partial charge in [-0.05, 0) is 49.9 Å². The van der Waals surface area contributed by atoms with Crippen LogP contribution in [0, 0.1) is 0 Å². The summed E-state index contributed by atoms with van der Waals surface area (Å²) in [5, 5.41) is 9.01. The lowest BCUT2D eigenvalue weighted by molar-refractivity contribution is 0.274. The van der Waals surface area contributed by atoms with Crippen LogP contribution in [-0.4, -0.2) is 75.5 Å². The van der Waals surface area contributed by atoms with E-state index in [1.54, 1.807) is 26.6 Å². The van der Waals surface area contributed by atoms with Crippen LogP contribution in [0.4, 0.5) is 5.82 Å². The molecule has 3 saturated heterocycles. The molecule has 9 heteroatoms. The maximum Gasteiger partial charge on any atom is 0.232 e. The standard InChI is InChI=1S/C24H27N7O2/c1-30(15-10-14-4-8-20-21(11-15)31(14)20)22-9-7-18(28-29-22)17-6-5-16(24(27-17)33-3)19-12-26-23(32-2)13-25-19/h5-7,9,12-15,20-21H,4,8,10-11H2,1-3H3/t14-,15-,20+,21?,31?/m0/s1. The summed E-state index contributed by atoms with van der Waals surface area (Å²) in [5.41, 5.74) is 2.81. The van der Waals surface area contributed by atoms with Crippen LogP contribution in [-0.2, 0) is 0 Å². The first-order chi connectivity index (χ1) is 16.2. The Labute approximate surface area is 192 Å². The molecule has 6 rings (SSSR count). The number of rotatable bonds is 6. The van der Waals surface area contributed by atoms with Gasteiger partial charge in [-0.1, -0.05) is 0 Å². The van der Waals surface area contributed by atoms with Gasteiger partial charge >= 0.3 is 0 Å². The van der Waals surface area contributed by atoms with E-state index in [0.29, 0.717) is 34.9 Å². The molecular weight excluding hydrogens is 418 g/mol. The number of fused-ring (bicyclic) bond motifs is 1. The van der Waals surface area contributed by atoms with Crippen molar-refractivity contribution >= 4 is 5.82 Å². The van der Waals surface area contributed by atoms with Crippen molar-refractivity contribution in [1.82, 2.24) is 30.0 Å². The molecule has 0 amide bonds. The van der Waals surface area contributed by atoms with E-state index in [4.69, 9.17) is 9.47 Å². The normalized spacial score (nSPS) is 27.1. The van der Waals surface area contributed by atoms with E-state index in [9.17, 15) is 0 Å². The van der Waals surface area contributed by atoms with Gasteiger partial charge in [0.2, 0.25) is 11.8 Å². The highest BCUT2D eigenvalue weighted by molar-refractivity contribution is 5.68. The molecule has 3 aliphatic heterocycles. The topological polar surface area (TPSA) is 89.2 Å². The molecule has 2 unspecified atom stereocenters. The van der Waals surface area contributed by atoms with Gasteiger partial charge in [-0.15, -0.1) is 10.2 Å². The van der Waals surface area contributed by atoms with Gasteiger partial charge in [0, 0.05) is 31.2 Å². The highest BCUT2D eigenvalue weighted by Gasteiger charge is 2.59. The Hall–Kier alpha value is -3.33. The van der Waals surface area contributed by atoms with Gasteiger partial charge in [0.25, 0.3) is 0 Å². The third-order valence-electron chi connectivity index (χ3n) is 7.38. The van der Waals surface area contributed by atoms with E-state index in [2.05, 4.69) is 42.0 Å². The Morgan fingerprint density at radius 1 is 0.879 bits per heavy atom. The van der Waals surface area contributed by atoms with Crippen molar-refractivity contribution in [1.29, 1.82) is 0 Å². The molecule has 0 bridgehead atoms. The largest absolute Gasteiger partial charge is 0.480 e. The summed E-state index contributed by atoms with van der Waals surface area (Å²) in [7, 11) is 5.30. The van der Waals surface area contributed by atoms with E-state index >= 15 is 0 Å². The summed E-state index contributed by atoms with van der Waals surface area (Å²) in [4.78, 5) is 18.3. The van der Waals surface area contributed by atoms with Crippen LogP contribution < -0.4 is 14.4 Å². The molecule has 6 heterocycles. The fourth-order valence-electron chi connectivity index (χ4n) is 5.61. The summed E-state index contributed by atoms with van der Waals surface area (Å²) in [6.07, 6.45) is 8.40. The van der Waals surface area contributed by atoms with Crippen molar-refractivity contribution in [3.63, 3.8) is 0 Å². The highest BCUT2D eigenvalue weighted by atomic mass is 16.5. The molecule has 5 atom stereocenters. The number of anilines is 1. The lowest BCUT2D eigenvalue weighted by Gasteiger charge is -2.35. The van der Waals surface area contributed by atoms with E-state index in [1.807, 2.05) is 24.3 Å². The zero-order valence-corrected chi connectivity index (χ0v) is 19.0. The summed E-state index contributed by atoms with van der Waals surface area (Å²) in [6, 6.07) is 10.8. The minimum absolute atomic E-state index is 0.456. The van der Waals surface area contributed by atoms with Gasteiger partial charge in [0.1, 0.15) is 5.69 Å². The molecule has 0 spiro atoms. The molecular formula is C24H27N7O2. The quantitative estimate of drug-likeness (QED) is 0.531. The Kier molecular flexibility index (Phi) is 4.86. The van der Waals surface area contributed by atoms with Gasteiger partial charge in [0.15, 0.2) is 5.82 Å². The molecule has 0 saturated carbocycles. The SMILES string of the molecule is COc1cnc(-c2ccc(-c3ccc(N(C)[C@@H]4CC5[C@H]6CC[C@@H](C4)N56)nn3)nc2OC)cn1. The van der Waals surface area contributed by atoms with Crippen molar-refractivity contribution in [2.45, 2.75) is 49.9 Å². The van der Waals surface area contributed by atoms with Gasteiger partial charge < -0.3 is 14.4 Å². The van der Waals surface area contributed by atoms with Crippen LogP contribution in [0.15, 0.2) is 36.7 Å². The highest BCUT2D eigenvalue weighted by Crippen LogP contribution is 2.50. The van der Waals surface area contributed by atoms with Crippen LogP contribution in [0.1, 0.15) is 25.7 Å². The van der Waals surface area contributed by atoms with E-state index in [1.165, 1.54) is 25.7 Å². The molecule has 0 aromatic carbocycles. The molecule has 3 fully saturated rings. The second kappa shape index (κ2) is 7.91. The monoisotopic (exact) mass is 445 g/mol. The lowest BCUT2D eigenvalue weighted by Crippen LogP contribution is -2.42. The van der Waals surface area contributed by atoms with Crippen LogP contribution in [0.3, 0.4) is 0 Å². The average Bonchev–Trinajstić information content (AvgIpc) is 3.41. The second-order valence-corrected chi connectivity index (χ2v) is 9.02. The molecule has 170 valence electrons. The smallest absolute Gasteiger partial charge is 0.232 e. The molecule has 0 radical (unpaired) electrons. The summed E-state index contributed by atoms with van der Waals surface area (Å²) >= 11 is 0. The summed E-state index contributed by atoms with van der Waals surface area (Å²) in [5.74, 6) is 1.82. The Bertz CT molecular complexity index is 1150. The molecule has 9 nitrogen and oxygen atoms in total. The van der Waals surface area contributed by atoms with Crippen LogP contribution in [0.25, 0.3) is 22.6 Å². The lowest BCUT2D eigenvalue weighted by atomic mass is 9.91. The van der Waals surface area contributed by atoms with Gasteiger partial charge in [0.05, 0.1) is 43.6 Å². The van der Waals surface area contributed by atoms with Crippen molar-refractivity contribution in [3.8, 4) is 34.4 Å². The van der Waals surface area contributed by atoms with Crippen LogP contribution in [0.2, 0.25) is 0 Å². The predicted octanol–water partition coefficient (Wildman–Crippen LogP) is 2.83. The molecule has 0 N–H and O–H groups in total. The number of methoxy groups -OCH3 is 2. The predicted molar refractivity (Wildman–Crippen MR) is 123 cm³/mol. The third kappa shape index (κ3) is 3.47. The first-order valence-electron chi connectivity index (χ1n) is 11.4. The number of piperidine rings is 2. The number of ether oxygens (including phenoxy) is 2. The Balaban J connectivity index is 1.20. The molecule has 3 aromatic heterocycles. The number of aromatic nitrogens is 5. The number of hydrogen-bond donors (Lipinski definition) is 0. The van der Waals surface area contributed by atoms with E-state index in [0.717, 1.165) is 29.5 Å².